The lowest BCUT2D eigenvalue weighted by atomic mass is 10.0. The number of nitrogens with zero attached hydrogens (tertiary/aromatic N) is 1. The lowest BCUT2D eigenvalue weighted by Crippen LogP contribution is -2.31. The van der Waals surface area contributed by atoms with E-state index in [0.717, 1.165) is 12.8 Å². The van der Waals surface area contributed by atoms with Crippen molar-refractivity contribution in [1.29, 1.82) is 0 Å². The van der Waals surface area contributed by atoms with Crippen LogP contribution in [-0.2, 0) is 4.79 Å². The number of halogens is 1. The number of nitrogens with two attached hydrogens (primary N) is 1. The molecule has 1 rings (SSSR count). The number of rotatable bonds is 5. The number of carbonyl (C=O) groups excluding carboxylic acids is 1. The average molecular weight is 238 g/mol. The van der Waals surface area contributed by atoms with E-state index in [-0.39, 0.29) is 17.6 Å². The van der Waals surface area contributed by atoms with Gasteiger partial charge in [0.2, 0.25) is 5.91 Å². The molecule has 0 aliphatic heterocycles. The number of amides is 1. The molecule has 0 bridgehead atoms. The highest BCUT2D eigenvalue weighted by molar-refractivity contribution is 5.94. The van der Waals surface area contributed by atoms with Crippen molar-refractivity contribution in [2.45, 2.75) is 19.8 Å². The molecule has 0 aliphatic carbocycles. The van der Waals surface area contributed by atoms with Crippen LogP contribution in [0.2, 0.25) is 0 Å². The fourth-order valence-electron chi connectivity index (χ4n) is 1.67. The first kappa shape index (κ1) is 13.6. The maximum absolute atomic E-state index is 12.8. The quantitative estimate of drug-likeness (QED) is 0.854. The molecule has 4 heteroatoms. The van der Waals surface area contributed by atoms with Gasteiger partial charge in [-0.15, -0.1) is 0 Å². The van der Waals surface area contributed by atoms with E-state index in [2.05, 4.69) is 0 Å². The Labute approximate surface area is 101 Å². The third-order valence-electron chi connectivity index (χ3n) is 2.81. The molecule has 0 aromatic heterocycles. The summed E-state index contributed by atoms with van der Waals surface area (Å²) in [6.45, 7) is 2.48. The fraction of sp³-hybridized carbons (Fsp3) is 0.462. The lowest BCUT2D eigenvalue weighted by molar-refractivity contribution is -0.121. The van der Waals surface area contributed by atoms with Gasteiger partial charge in [-0.1, -0.05) is 6.92 Å². The maximum atomic E-state index is 12.8. The van der Waals surface area contributed by atoms with Crippen LogP contribution >= 0.6 is 0 Å². The molecule has 2 N–H and O–H groups in total. The minimum Gasteiger partial charge on any atom is -0.330 e. The molecule has 1 atom stereocenters. The number of hydrogen-bond acceptors (Lipinski definition) is 2. The predicted molar refractivity (Wildman–Crippen MR) is 67.3 cm³/mol. The Morgan fingerprint density at radius 3 is 2.53 bits per heavy atom. The topological polar surface area (TPSA) is 46.3 Å². The summed E-state index contributed by atoms with van der Waals surface area (Å²) in [4.78, 5) is 13.6. The van der Waals surface area contributed by atoms with Crippen LogP contribution in [0.4, 0.5) is 10.1 Å². The minimum absolute atomic E-state index is 0.0325. The van der Waals surface area contributed by atoms with E-state index < -0.39 is 0 Å². The molecule has 0 spiro atoms. The van der Waals surface area contributed by atoms with Gasteiger partial charge >= 0.3 is 0 Å². The van der Waals surface area contributed by atoms with E-state index >= 15 is 0 Å². The number of benzene rings is 1. The van der Waals surface area contributed by atoms with Gasteiger partial charge in [0.25, 0.3) is 0 Å². The van der Waals surface area contributed by atoms with Crippen LogP contribution in [0.5, 0.6) is 0 Å². The molecule has 0 fully saturated rings. The van der Waals surface area contributed by atoms with Gasteiger partial charge in [0.15, 0.2) is 0 Å². The third-order valence-corrected chi connectivity index (χ3v) is 2.81. The largest absolute Gasteiger partial charge is 0.330 e. The first-order chi connectivity index (χ1) is 8.06. The van der Waals surface area contributed by atoms with Gasteiger partial charge in [0, 0.05) is 18.7 Å². The van der Waals surface area contributed by atoms with Gasteiger partial charge in [-0.3, -0.25) is 4.79 Å². The molecule has 0 aliphatic rings. The monoisotopic (exact) mass is 238 g/mol. The summed E-state index contributed by atoms with van der Waals surface area (Å²) in [7, 11) is 1.70. The Kier molecular flexibility index (Phi) is 5.10. The first-order valence-corrected chi connectivity index (χ1v) is 5.79. The number of carbonyl (C=O) groups is 1. The SMILES string of the molecule is CC(CCCN)C(=O)N(C)c1ccc(F)cc1. The van der Waals surface area contributed by atoms with Gasteiger partial charge < -0.3 is 10.6 Å². The molecule has 94 valence electrons. The second-order valence-corrected chi connectivity index (χ2v) is 4.21. The minimum atomic E-state index is -0.300. The Bertz CT molecular complexity index is 364. The molecule has 0 saturated heterocycles. The zero-order valence-corrected chi connectivity index (χ0v) is 10.3. The van der Waals surface area contributed by atoms with Gasteiger partial charge in [-0.05, 0) is 43.7 Å². The Morgan fingerprint density at radius 2 is 2.00 bits per heavy atom. The second-order valence-electron chi connectivity index (χ2n) is 4.21. The average Bonchev–Trinajstić information content (AvgIpc) is 2.35. The molecule has 1 aromatic rings. The molecule has 1 amide bonds. The standard InChI is InChI=1S/C13H19FN2O/c1-10(4-3-9-15)13(17)16(2)12-7-5-11(14)6-8-12/h5-8,10H,3-4,9,15H2,1-2H3. The predicted octanol–water partition coefficient (Wildman–Crippen LogP) is 2.16. The van der Waals surface area contributed by atoms with Crippen LogP contribution in [-0.4, -0.2) is 19.5 Å². The Hall–Kier alpha value is -1.42. The number of anilines is 1. The summed E-state index contributed by atoms with van der Waals surface area (Å²) in [5.41, 5.74) is 6.12. The van der Waals surface area contributed by atoms with Crippen LogP contribution in [0.1, 0.15) is 19.8 Å². The summed E-state index contributed by atoms with van der Waals surface area (Å²) < 4.78 is 12.8. The first-order valence-electron chi connectivity index (χ1n) is 5.79. The van der Waals surface area contributed by atoms with Crippen molar-refractivity contribution < 1.29 is 9.18 Å². The van der Waals surface area contributed by atoms with Crippen molar-refractivity contribution >= 4 is 11.6 Å². The van der Waals surface area contributed by atoms with Crippen molar-refractivity contribution in [3.05, 3.63) is 30.1 Å². The highest BCUT2D eigenvalue weighted by Gasteiger charge is 2.17. The van der Waals surface area contributed by atoms with E-state index in [0.29, 0.717) is 12.2 Å². The molecule has 1 aromatic carbocycles. The summed E-state index contributed by atoms with van der Waals surface area (Å²) in [6, 6.07) is 5.90. The molecule has 0 saturated carbocycles. The molecule has 0 heterocycles. The number of hydrogen-bond donors (Lipinski definition) is 1. The zero-order valence-electron chi connectivity index (χ0n) is 10.3. The highest BCUT2D eigenvalue weighted by atomic mass is 19.1. The molecular formula is C13H19FN2O. The van der Waals surface area contributed by atoms with Crippen molar-refractivity contribution in [2.75, 3.05) is 18.5 Å². The smallest absolute Gasteiger partial charge is 0.229 e. The Balaban J connectivity index is 2.65. The van der Waals surface area contributed by atoms with Crippen molar-refractivity contribution in [3.8, 4) is 0 Å². The van der Waals surface area contributed by atoms with Crippen molar-refractivity contribution in [1.82, 2.24) is 0 Å². The molecular weight excluding hydrogens is 219 g/mol. The fourth-order valence-corrected chi connectivity index (χ4v) is 1.67. The van der Waals surface area contributed by atoms with Gasteiger partial charge in [0.1, 0.15) is 5.82 Å². The van der Waals surface area contributed by atoms with E-state index in [9.17, 15) is 9.18 Å². The normalized spacial score (nSPS) is 12.2. The van der Waals surface area contributed by atoms with Crippen molar-refractivity contribution in [3.63, 3.8) is 0 Å². The third kappa shape index (κ3) is 3.82. The molecule has 1 unspecified atom stereocenters. The summed E-state index contributed by atoms with van der Waals surface area (Å²) in [6.07, 6.45) is 1.62. The second kappa shape index (κ2) is 6.35. The summed E-state index contributed by atoms with van der Waals surface area (Å²) in [5.74, 6) is -0.329. The van der Waals surface area contributed by atoms with E-state index in [4.69, 9.17) is 5.73 Å². The van der Waals surface area contributed by atoms with E-state index in [1.807, 2.05) is 6.92 Å². The maximum Gasteiger partial charge on any atom is 0.229 e. The summed E-state index contributed by atoms with van der Waals surface area (Å²) >= 11 is 0. The molecule has 0 radical (unpaired) electrons. The van der Waals surface area contributed by atoms with Gasteiger partial charge in [0.05, 0.1) is 0 Å². The van der Waals surface area contributed by atoms with Gasteiger partial charge in [-0.25, -0.2) is 4.39 Å². The van der Waals surface area contributed by atoms with Crippen LogP contribution in [0.25, 0.3) is 0 Å². The highest BCUT2D eigenvalue weighted by Crippen LogP contribution is 2.17. The van der Waals surface area contributed by atoms with Crippen LogP contribution in [0.3, 0.4) is 0 Å². The lowest BCUT2D eigenvalue weighted by Gasteiger charge is -2.21. The van der Waals surface area contributed by atoms with E-state index in [1.165, 1.54) is 12.1 Å². The van der Waals surface area contributed by atoms with E-state index in [1.54, 1.807) is 24.1 Å². The van der Waals surface area contributed by atoms with Crippen LogP contribution in [0.15, 0.2) is 24.3 Å². The van der Waals surface area contributed by atoms with Crippen molar-refractivity contribution in [2.24, 2.45) is 11.7 Å². The Morgan fingerprint density at radius 1 is 1.41 bits per heavy atom. The molecule has 17 heavy (non-hydrogen) atoms. The summed E-state index contributed by atoms with van der Waals surface area (Å²) in [5, 5.41) is 0. The molecule has 3 nitrogen and oxygen atoms in total. The van der Waals surface area contributed by atoms with Crippen LogP contribution in [0, 0.1) is 11.7 Å². The van der Waals surface area contributed by atoms with Crippen LogP contribution < -0.4 is 10.6 Å². The van der Waals surface area contributed by atoms with Gasteiger partial charge in [-0.2, -0.15) is 0 Å². The zero-order chi connectivity index (χ0) is 12.8.